The molecule has 1 aromatic rings. The number of benzene rings is 1. The van der Waals surface area contributed by atoms with E-state index in [1.807, 2.05) is 31.2 Å². The van der Waals surface area contributed by atoms with Crippen molar-refractivity contribution in [1.29, 1.82) is 0 Å². The molecule has 0 aromatic heterocycles. The Morgan fingerprint density at radius 2 is 2.22 bits per heavy atom. The Morgan fingerprint density at radius 3 is 2.89 bits per heavy atom. The topological polar surface area (TPSA) is 32.6 Å². The summed E-state index contributed by atoms with van der Waals surface area (Å²) >= 11 is 5.60. The molecule has 2 nitrogen and oxygen atoms in total. The average Bonchev–Trinajstić information content (AvgIpc) is 2.33. The van der Waals surface area contributed by atoms with Gasteiger partial charge in [-0.15, -0.1) is 0 Å². The van der Waals surface area contributed by atoms with Gasteiger partial charge in [-0.2, -0.15) is 0 Å². The lowest BCUT2D eigenvalue weighted by atomic mass is 9.85. The van der Waals surface area contributed by atoms with Crippen LogP contribution in [0.25, 0.3) is 0 Å². The molecule has 1 atom stereocenters. The third kappa shape index (κ3) is 2.79. The zero-order valence-corrected chi connectivity index (χ0v) is 10.7. The molecular weight excluding hydrogens is 253 g/mol. The van der Waals surface area contributed by atoms with Crippen LogP contribution in [0.1, 0.15) is 13.3 Å². The highest BCUT2D eigenvalue weighted by atomic mass is 35.5. The van der Waals surface area contributed by atoms with Crippen molar-refractivity contribution < 1.29 is 9.50 Å². The van der Waals surface area contributed by atoms with Crippen LogP contribution in [-0.2, 0) is 0 Å². The minimum Gasteiger partial charge on any atom is -0.506 e. The van der Waals surface area contributed by atoms with Crippen LogP contribution in [0.15, 0.2) is 41.4 Å². The summed E-state index contributed by atoms with van der Waals surface area (Å²) in [5.74, 6) is -0.720. The van der Waals surface area contributed by atoms with E-state index >= 15 is 0 Å². The summed E-state index contributed by atoms with van der Waals surface area (Å²) in [5, 5.41) is 9.41. The average molecular weight is 266 g/mol. The summed E-state index contributed by atoms with van der Waals surface area (Å²) in [7, 11) is 0. The number of phenolic OH excluding ortho intramolecular Hbond substituents is 1. The lowest BCUT2D eigenvalue weighted by Crippen LogP contribution is -2.15. The molecule has 1 aromatic carbocycles. The van der Waals surface area contributed by atoms with Crippen LogP contribution in [0.3, 0.4) is 0 Å². The van der Waals surface area contributed by atoms with Crippen molar-refractivity contribution in [3.63, 3.8) is 0 Å². The second-order valence-corrected chi connectivity index (χ2v) is 4.92. The molecule has 0 saturated carbocycles. The molecule has 0 radical (unpaired) electrons. The lowest BCUT2D eigenvalue weighted by molar-refractivity contribution is 0.473. The first-order valence-corrected chi connectivity index (χ1v) is 5.96. The molecule has 0 amide bonds. The fourth-order valence-electron chi connectivity index (χ4n) is 1.68. The van der Waals surface area contributed by atoms with Gasteiger partial charge in [-0.25, -0.2) is 4.39 Å². The van der Waals surface area contributed by atoms with Crippen molar-refractivity contribution in [1.82, 2.24) is 0 Å². The summed E-state index contributed by atoms with van der Waals surface area (Å²) in [4.78, 5) is 4.10. The first-order valence-electron chi connectivity index (χ1n) is 5.58. The van der Waals surface area contributed by atoms with Crippen LogP contribution in [0.2, 0.25) is 5.02 Å². The predicted octanol–water partition coefficient (Wildman–Crippen LogP) is 4.41. The monoisotopic (exact) mass is 265 g/mol. The standard InChI is InChI=1S/C14H13ClFNO/c1-14(5-3-2-4-6-14)9-17-12-8-13(18)10(15)7-11(12)16/h2-5,7-9,18H,6H2,1H3. The van der Waals surface area contributed by atoms with Crippen LogP contribution in [-0.4, -0.2) is 11.3 Å². The predicted molar refractivity (Wildman–Crippen MR) is 72.2 cm³/mol. The van der Waals surface area contributed by atoms with Crippen LogP contribution in [0, 0.1) is 11.2 Å². The Labute approximate surface area is 110 Å². The lowest BCUT2D eigenvalue weighted by Gasteiger charge is -2.20. The Hall–Kier alpha value is -1.61. The van der Waals surface area contributed by atoms with Gasteiger partial charge in [0, 0.05) is 17.7 Å². The van der Waals surface area contributed by atoms with Crippen molar-refractivity contribution in [2.75, 3.05) is 0 Å². The van der Waals surface area contributed by atoms with Gasteiger partial charge in [0.05, 0.1) is 5.02 Å². The van der Waals surface area contributed by atoms with Crippen molar-refractivity contribution in [3.05, 3.63) is 47.3 Å². The van der Waals surface area contributed by atoms with E-state index in [0.29, 0.717) is 0 Å². The fourth-order valence-corrected chi connectivity index (χ4v) is 1.83. The first kappa shape index (κ1) is 12.8. The molecule has 2 rings (SSSR count). The van der Waals surface area contributed by atoms with Crippen LogP contribution in [0.5, 0.6) is 5.75 Å². The molecule has 0 saturated heterocycles. The SMILES string of the molecule is CC1(C=Nc2cc(O)c(Cl)cc2F)C=CC=CC1. The van der Waals surface area contributed by atoms with Crippen molar-refractivity contribution >= 4 is 23.5 Å². The van der Waals surface area contributed by atoms with Gasteiger partial charge < -0.3 is 5.11 Å². The molecule has 4 heteroatoms. The maximum atomic E-state index is 13.6. The highest BCUT2D eigenvalue weighted by Gasteiger charge is 2.18. The molecule has 94 valence electrons. The number of hydrogen-bond donors (Lipinski definition) is 1. The second kappa shape index (κ2) is 4.94. The van der Waals surface area contributed by atoms with E-state index in [4.69, 9.17) is 11.6 Å². The first-order chi connectivity index (χ1) is 8.50. The minimum atomic E-state index is -0.548. The van der Waals surface area contributed by atoms with Gasteiger partial charge in [-0.3, -0.25) is 4.99 Å². The molecule has 1 aliphatic carbocycles. The zero-order chi connectivity index (χ0) is 13.2. The zero-order valence-electron chi connectivity index (χ0n) is 9.90. The summed E-state index contributed by atoms with van der Waals surface area (Å²) in [6.45, 7) is 2.00. The number of allylic oxidation sites excluding steroid dienone is 4. The number of hydrogen-bond acceptors (Lipinski definition) is 2. The summed E-state index contributed by atoms with van der Waals surface area (Å²) < 4.78 is 13.6. The highest BCUT2D eigenvalue weighted by molar-refractivity contribution is 6.32. The maximum Gasteiger partial charge on any atom is 0.150 e. The number of rotatable bonds is 2. The van der Waals surface area contributed by atoms with Gasteiger partial charge in [-0.1, -0.05) is 42.8 Å². The van der Waals surface area contributed by atoms with Gasteiger partial charge in [0.25, 0.3) is 0 Å². The van der Waals surface area contributed by atoms with Gasteiger partial charge in [0.2, 0.25) is 0 Å². The Bertz CT molecular complexity index is 551. The maximum absolute atomic E-state index is 13.6. The number of phenols is 1. The van der Waals surface area contributed by atoms with Gasteiger partial charge in [0.1, 0.15) is 11.4 Å². The molecular formula is C14H13ClFNO. The summed E-state index contributed by atoms with van der Waals surface area (Å²) in [5.41, 5.74) is -0.141. The van der Waals surface area contributed by atoms with Crippen LogP contribution in [0.4, 0.5) is 10.1 Å². The van der Waals surface area contributed by atoms with Gasteiger partial charge >= 0.3 is 0 Å². The molecule has 0 fully saturated rings. The minimum absolute atomic E-state index is 0.0156. The number of nitrogens with zero attached hydrogens (tertiary/aromatic N) is 1. The number of aliphatic imine (C=N–C) groups is 1. The van der Waals surface area contributed by atoms with Gasteiger partial charge in [-0.05, 0) is 12.5 Å². The summed E-state index contributed by atoms with van der Waals surface area (Å²) in [6.07, 6.45) is 10.4. The Kier molecular flexibility index (Phi) is 3.53. The smallest absolute Gasteiger partial charge is 0.150 e. The van der Waals surface area contributed by atoms with Crippen LogP contribution >= 0.6 is 11.6 Å². The fraction of sp³-hybridized carbons (Fsp3) is 0.214. The quantitative estimate of drug-likeness (QED) is 0.790. The van der Waals surface area contributed by atoms with Crippen LogP contribution < -0.4 is 0 Å². The molecule has 1 aliphatic rings. The molecule has 0 heterocycles. The van der Waals surface area contributed by atoms with E-state index in [1.165, 1.54) is 6.07 Å². The van der Waals surface area contributed by atoms with E-state index in [9.17, 15) is 9.50 Å². The largest absolute Gasteiger partial charge is 0.506 e. The van der Waals surface area contributed by atoms with Crippen molar-refractivity contribution in [2.45, 2.75) is 13.3 Å². The number of aromatic hydroxyl groups is 1. The van der Waals surface area contributed by atoms with E-state index in [0.717, 1.165) is 12.5 Å². The van der Waals surface area contributed by atoms with Crippen molar-refractivity contribution in [2.24, 2.45) is 10.4 Å². The Balaban J connectivity index is 2.26. The van der Waals surface area contributed by atoms with E-state index in [2.05, 4.69) is 4.99 Å². The number of halogens is 2. The normalized spacial score (nSPS) is 22.8. The molecule has 1 N–H and O–H groups in total. The Morgan fingerprint density at radius 1 is 1.44 bits per heavy atom. The molecule has 0 aliphatic heterocycles. The summed E-state index contributed by atoms with van der Waals surface area (Å²) in [6, 6.07) is 2.28. The van der Waals surface area contributed by atoms with E-state index in [1.54, 1.807) is 6.21 Å². The highest BCUT2D eigenvalue weighted by Crippen LogP contribution is 2.32. The third-order valence-corrected chi connectivity index (χ3v) is 3.10. The molecule has 0 bridgehead atoms. The molecule has 1 unspecified atom stereocenters. The van der Waals surface area contributed by atoms with E-state index < -0.39 is 5.82 Å². The second-order valence-electron chi connectivity index (χ2n) is 4.51. The third-order valence-electron chi connectivity index (χ3n) is 2.80. The van der Waals surface area contributed by atoms with E-state index in [-0.39, 0.29) is 21.9 Å². The van der Waals surface area contributed by atoms with Gasteiger partial charge in [0.15, 0.2) is 5.82 Å². The molecule has 18 heavy (non-hydrogen) atoms. The molecule has 0 spiro atoms. The van der Waals surface area contributed by atoms with Crippen molar-refractivity contribution in [3.8, 4) is 5.75 Å².